The van der Waals surface area contributed by atoms with Gasteiger partial charge in [0.1, 0.15) is 5.82 Å². The van der Waals surface area contributed by atoms with E-state index in [1.165, 1.54) is 4.88 Å². The maximum absolute atomic E-state index is 9.45. The molecule has 0 aromatic carbocycles. The Morgan fingerprint density at radius 1 is 1.32 bits per heavy atom. The van der Waals surface area contributed by atoms with E-state index in [0.29, 0.717) is 43.3 Å². The molecule has 0 saturated heterocycles. The maximum atomic E-state index is 9.45. The first-order valence-electron chi connectivity index (χ1n) is 8.06. The van der Waals surface area contributed by atoms with Gasteiger partial charge in [-0.25, -0.2) is 4.98 Å². The Balaban J connectivity index is 1.39. The summed E-state index contributed by atoms with van der Waals surface area (Å²) in [4.78, 5) is 14.0. The van der Waals surface area contributed by atoms with Gasteiger partial charge in [-0.05, 0) is 24.3 Å². The molecule has 3 heterocycles. The predicted octanol–water partition coefficient (Wildman–Crippen LogP) is 1.94. The second kappa shape index (κ2) is 6.77. The van der Waals surface area contributed by atoms with E-state index in [-0.39, 0.29) is 18.0 Å². The normalized spacial score (nSPS) is 19.6. The van der Waals surface area contributed by atoms with E-state index < -0.39 is 0 Å². The molecule has 1 saturated carbocycles. The number of hydrogen-bond acceptors (Lipinski definition) is 9. The van der Waals surface area contributed by atoms with Crippen molar-refractivity contribution < 1.29 is 9.63 Å². The summed E-state index contributed by atoms with van der Waals surface area (Å²) in [7, 11) is 0. The lowest BCUT2D eigenvalue weighted by atomic mass is 9.80. The molecule has 25 heavy (non-hydrogen) atoms. The van der Waals surface area contributed by atoms with Crippen LogP contribution in [0.2, 0.25) is 0 Å². The Labute approximate surface area is 148 Å². The van der Waals surface area contributed by atoms with Crippen LogP contribution in [-0.2, 0) is 13.0 Å². The molecule has 4 N–H and O–H groups in total. The molecule has 0 atom stereocenters. The van der Waals surface area contributed by atoms with Crippen LogP contribution in [-0.4, -0.2) is 31.3 Å². The first-order chi connectivity index (χ1) is 12.2. The van der Waals surface area contributed by atoms with Gasteiger partial charge in [0.2, 0.25) is 11.8 Å². The molecule has 1 aliphatic carbocycles. The lowest BCUT2D eigenvalue weighted by molar-refractivity contribution is 0.0732. The number of hydrogen-bond donors (Lipinski definition) is 3. The number of nitrogen functional groups attached to an aromatic ring is 1. The maximum Gasteiger partial charge on any atom is 0.245 e. The SMILES string of the molecule is Nc1nc(NCc2nc(Cc3cccs3)no2)cc(C2CC(O)C2)n1. The molecule has 0 radical (unpaired) electrons. The third-order valence-corrected chi connectivity index (χ3v) is 5.01. The van der Waals surface area contributed by atoms with Crippen LogP contribution >= 0.6 is 11.3 Å². The number of aliphatic hydroxyl groups is 1. The van der Waals surface area contributed by atoms with Crippen molar-refractivity contribution in [2.24, 2.45) is 0 Å². The molecular formula is C16H18N6O2S. The summed E-state index contributed by atoms with van der Waals surface area (Å²) in [5.41, 5.74) is 6.64. The molecule has 3 aromatic heterocycles. The zero-order valence-corrected chi connectivity index (χ0v) is 14.2. The van der Waals surface area contributed by atoms with E-state index in [1.54, 1.807) is 11.3 Å². The number of aromatic nitrogens is 4. The van der Waals surface area contributed by atoms with Crippen molar-refractivity contribution in [2.45, 2.75) is 37.8 Å². The molecule has 9 heteroatoms. The molecule has 3 aromatic rings. The van der Waals surface area contributed by atoms with Gasteiger partial charge in [0, 0.05) is 23.3 Å². The molecule has 4 rings (SSSR count). The van der Waals surface area contributed by atoms with Crippen LogP contribution < -0.4 is 11.1 Å². The topological polar surface area (TPSA) is 123 Å². The van der Waals surface area contributed by atoms with Crippen LogP contribution in [0.15, 0.2) is 28.1 Å². The lowest BCUT2D eigenvalue weighted by Crippen LogP contribution is -2.27. The van der Waals surface area contributed by atoms with Crippen LogP contribution in [0, 0.1) is 0 Å². The van der Waals surface area contributed by atoms with Gasteiger partial charge < -0.3 is 20.7 Å². The van der Waals surface area contributed by atoms with Crippen molar-refractivity contribution in [3.63, 3.8) is 0 Å². The van der Waals surface area contributed by atoms with E-state index in [2.05, 4.69) is 25.4 Å². The van der Waals surface area contributed by atoms with Gasteiger partial charge in [-0.15, -0.1) is 11.3 Å². The number of nitrogens with one attached hydrogen (secondary N) is 1. The smallest absolute Gasteiger partial charge is 0.245 e. The number of nitrogens with two attached hydrogens (primary N) is 1. The highest BCUT2D eigenvalue weighted by Gasteiger charge is 2.30. The average molecular weight is 358 g/mol. The molecule has 0 unspecified atom stereocenters. The van der Waals surface area contributed by atoms with Gasteiger partial charge in [-0.1, -0.05) is 11.2 Å². The number of nitrogens with zero attached hydrogens (tertiary/aromatic N) is 4. The zero-order chi connectivity index (χ0) is 17.2. The van der Waals surface area contributed by atoms with Gasteiger partial charge in [0.25, 0.3) is 0 Å². The quantitative estimate of drug-likeness (QED) is 0.611. The van der Waals surface area contributed by atoms with Crippen molar-refractivity contribution in [3.8, 4) is 0 Å². The predicted molar refractivity (Wildman–Crippen MR) is 93.2 cm³/mol. The Bertz CT molecular complexity index is 844. The molecule has 0 aliphatic heterocycles. The lowest BCUT2D eigenvalue weighted by Gasteiger charge is -2.30. The third-order valence-electron chi connectivity index (χ3n) is 4.14. The van der Waals surface area contributed by atoms with Gasteiger partial charge in [0.05, 0.1) is 18.3 Å². The number of anilines is 2. The van der Waals surface area contributed by atoms with Crippen LogP contribution in [0.1, 0.15) is 41.0 Å². The summed E-state index contributed by atoms with van der Waals surface area (Å²) in [5, 5.41) is 18.6. The van der Waals surface area contributed by atoms with E-state index in [0.717, 1.165) is 5.69 Å². The first kappa shape index (κ1) is 16.0. The highest BCUT2D eigenvalue weighted by molar-refractivity contribution is 7.09. The highest BCUT2D eigenvalue weighted by Crippen LogP contribution is 2.36. The highest BCUT2D eigenvalue weighted by atomic mass is 32.1. The van der Waals surface area contributed by atoms with Crippen LogP contribution in [0.5, 0.6) is 0 Å². The second-order valence-corrected chi connectivity index (χ2v) is 7.10. The third kappa shape index (κ3) is 3.77. The largest absolute Gasteiger partial charge is 0.393 e. The minimum atomic E-state index is -0.238. The number of rotatable bonds is 6. The Morgan fingerprint density at radius 3 is 2.96 bits per heavy atom. The average Bonchev–Trinajstić information content (AvgIpc) is 3.22. The summed E-state index contributed by atoms with van der Waals surface area (Å²) >= 11 is 1.66. The molecule has 0 spiro atoms. The number of thiophene rings is 1. The van der Waals surface area contributed by atoms with Gasteiger partial charge >= 0.3 is 0 Å². The second-order valence-electron chi connectivity index (χ2n) is 6.07. The van der Waals surface area contributed by atoms with Crippen molar-refractivity contribution in [2.75, 3.05) is 11.1 Å². The molecule has 0 bridgehead atoms. The fourth-order valence-corrected chi connectivity index (χ4v) is 3.48. The number of aliphatic hydroxyl groups excluding tert-OH is 1. The molecular weight excluding hydrogens is 340 g/mol. The van der Waals surface area contributed by atoms with E-state index >= 15 is 0 Å². The summed E-state index contributed by atoms with van der Waals surface area (Å²) in [6.45, 7) is 0.362. The minimum absolute atomic E-state index is 0.213. The Kier molecular flexibility index (Phi) is 4.33. The Morgan fingerprint density at radius 2 is 2.20 bits per heavy atom. The van der Waals surface area contributed by atoms with E-state index in [1.807, 2.05) is 23.6 Å². The summed E-state index contributed by atoms with van der Waals surface area (Å²) in [6, 6.07) is 5.90. The summed E-state index contributed by atoms with van der Waals surface area (Å²) in [6.07, 6.45) is 1.85. The monoisotopic (exact) mass is 358 g/mol. The zero-order valence-electron chi connectivity index (χ0n) is 13.4. The van der Waals surface area contributed by atoms with Crippen molar-refractivity contribution >= 4 is 23.1 Å². The fourth-order valence-electron chi connectivity index (χ4n) is 2.78. The van der Waals surface area contributed by atoms with Crippen LogP contribution in [0.25, 0.3) is 0 Å². The molecule has 130 valence electrons. The van der Waals surface area contributed by atoms with Crippen molar-refractivity contribution in [1.82, 2.24) is 20.1 Å². The first-order valence-corrected chi connectivity index (χ1v) is 8.94. The molecule has 1 aliphatic rings. The Hall–Kier alpha value is -2.52. The van der Waals surface area contributed by atoms with Gasteiger partial charge in [-0.2, -0.15) is 9.97 Å². The minimum Gasteiger partial charge on any atom is -0.393 e. The van der Waals surface area contributed by atoms with Crippen LogP contribution in [0.3, 0.4) is 0 Å². The molecule has 0 amide bonds. The van der Waals surface area contributed by atoms with Crippen LogP contribution in [0.4, 0.5) is 11.8 Å². The van der Waals surface area contributed by atoms with Gasteiger partial charge in [-0.3, -0.25) is 0 Å². The summed E-state index contributed by atoms with van der Waals surface area (Å²) in [5.74, 6) is 2.21. The molecule has 8 nitrogen and oxygen atoms in total. The molecule has 1 fully saturated rings. The van der Waals surface area contributed by atoms with Crippen molar-refractivity contribution in [1.29, 1.82) is 0 Å². The fraction of sp³-hybridized carbons (Fsp3) is 0.375. The standard InChI is InChI=1S/C16H18N6O2S/c17-16-19-12(9-4-10(23)5-9)7-13(21-16)18-8-15-20-14(22-24-15)6-11-2-1-3-25-11/h1-3,7,9-10,23H,4-6,8H2,(H3,17,18,19,21). The van der Waals surface area contributed by atoms with E-state index in [9.17, 15) is 5.11 Å². The summed E-state index contributed by atoms with van der Waals surface area (Å²) < 4.78 is 5.26. The van der Waals surface area contributed by atoms with Gasteiger partial charge in [0.15, 0.2) is 5.82 Å². The van der Waals surface area contributed by atoms with Crippen molar-refractivity contribution in [3.05, 3.63) is 45.9 Å². The van der Waals surface area contributed by atoms with E-state index in [4.69, 9.17) is 10.3 Å².